The van der Waals surface area contributed by atoms with Crippen molar-refractivity contribution in [3.8, 4) is 0 Å². The van der Waals surface area contributed by atoms with Gasteiger partial charge in [0.15, 0.2) is 0 Å². The quantitative estimate of drug-likeness (QED) is 0.855. The highest BCUT2D eigenvalue weighted by molar-refractivity contribution is 7.89. The molecule has 0 aromatic carbocycles. The topological polar surface area (TPSA) is 46.2 Å². The molecule has 1 fully saturated rings. The molecule has 0 aromatic heterocycles. The smallest absolute Gasteiger partial charge is 0.212 e. The van der Waals surface area contributed by atoms with Crippen LogP contribution in [-0.4, -0.2) is 26.4 Å². The van der Waals surface area contributed by atoms with Crippen LogP contribution in [0.2, 0.25) is 0 Å². The summed E-state index contributed by atoms with van der Waals surface area (Å²) in [5.41, 5.74) is 0. The fourth-order valence-electron chi connectivity index (χ4n) is 2.18. The zero-order valence-corrected chi connectivity index (χ0v) is 10.6. The van der Waals surface area contributed by atoms with Gasteiger partial charge in [0.05, 0.1) is 11.7 Å². The molecular formula is C10H18F3NO2S. The van der Waals surface area contributed by atoms with E-state index in [1.54, 1.807) is 6.92 Å². The van der Waals surface area contributed by atoms with Crippen LogP contribution in [0.15, 0.2) is 0 Å². The summed E-state index contributed by atoms with van der Waals surface area (Å²) in [7, 11) is -3.42. The lowest BCUT2D eigenvalue weighted by Gasteiger charge is -2.30. The average Bonchev–Trinajstić information content (AvgIpc) is 2.15. The van der Waals surface area contributed by atoms with Crippen molar-refractivity contribution in [2.45, 2.75) is 51.2 Å². The number of rotatable bonds is 4. The third-order valence-electron chi connectivity index (χ3n) is 2.96. The molecule has 1 saturated carbocycles. The van der Waals surface area contributed by atoms with Gasteiger partial charge >= 0.3 is 6.18 Å². The third-order valence-corrected chi connectivity index (χ3v) is 4.59. The highest BCUT2D eigenvalue weighted by Gasteiger charge is 2.42. The van der Waals surface area contributed by atoms with Gasteiger partial charge in [0.2, 0.25) is 10.0 Å². The number of halogens is 3. The van der Waals surface area contributed by atoms with E-state index < -0.39 is 28.2 Å². The van der Waals surface area contributed by atoms with E-state index in [1.165, 1.54) is 0 Å². The lowest BCUT2D eigenvalue weighted by Crippen LogP contribution is -2.42. The Kier molecular flexibility index (Phi) is 4.83. The summed E-state index contributed by atoms with van der Waals surface area (Å²) in [6.45, 7) is 1.72. The SMILES string of the molecule is CCCS(=O)(=O)N[C@@H]1CCC[C@H](C(F)(F)F)C1. The summed E-state index contributed by atoms with van der Waals surface area (Å²) in [5, 5.41) is 0. The normalized spacial score (nSPS) is 27.1. The summed E-state index contributed by atoms with van der Waals surface area (Å²) >= 11 is 0. The molecule has 17 heavy (non-hydrogen) atoms. The molecule has 0 bridgehead atoms. The Morgan fingerprint density at radius 2 is 1.94 bits per heavy atom. The van der Waals surface area contributed by atoms with Gasteiger partial charge in [-0.3, -0.25) is 0 Å². The second kappa shape index (κ2) is 5.56. The Hall–Kier alpha value is -0.300. The van der Waals surface area contributed by atoms with E-state index in [9.17, 15) is 21.6 Å². The van der Waals surface area contributed by atoms with Crippen LogP contribution in [-0.2, 0) is 10.0 Å². The van der Waals surface area contributed by atoms with Crippen molar-refractivity contribution in [1.29, 1.82) is 0 Å². The summed E-state index contributed by atoms with van der Waals surface area (Å²) in [5.74, 6) is -1.40. The van der Waals surface area contributed by atoms with Crippen molar-refractivity contribution < 1.29 is 21.6 Å². The van der Waals surface area contributed by atoms with E-state index in [0.717, 1.165) is 0 Å². The second-order valence-corrected chi connectivity index (χ2v) is 6.41. The molecular weight excluding hydrogens is 255 g/mol. The number of alkyl halides is 3. The van der Waals surface area contributed by atoms with Gasteiger partial charge in [-0.05, 0) is 25.7 Å². The Bertz CT molecular complexity index is 340. The first-order chi connectivity index (χ1) is 7.74. The summed E-state index contributed by atoms with van der Waals surface area (Å²) < 4.78 is 62.9. The van der Waals surface area contributed by atoms with Crippen LogP contribution in [0, 0.1) is 5.92 Å². The molecule has 0 spiro atoms. The van der Waals surface area contributed by atoms with E-state index in [0.29, 0.717) is 19.3 Å². The molecule has 0 saturated heterocycles. The largest absolute Gasteiger partial charge is 0.391 e. The van der Waals surface area contributed by atoms with Gasteiger partial charge in [-0.1, -0.05) is 13.3 Å². The molecule has 1 aliphatic carbocycles. The highest BCUT2D eigenvalue weighted by Crippen LogP contribution is 2.37. The van der Waals surface area contributed by atoms with Crippen LogP contribution < -0.4 is 4.72 Å². The number of hydrogen-bond donors (Lipinski definition) is 1. The van der Waals surface area contributed by atoms with Crippen LogP contribution in [0.3, 0.4) is 0 Å². The molecule has 2 atom stereocenters. The standard InChI is InChI=1S/C10H18F3NO2S/c1-2-6-17(15,16)14-9-5-3-4-8(7-9)10(11,12)13/h8-9,14H,2-7H2,1H3/t8-,9+/m0/s1. The molecule has 0 aliphatic heterocycles. The van der Waals surface area contributed by atoms with Crippen molar-refractivity contribution >= 4 is 10.0 Å². The molecule has 1 N–H and O–H groups in total. The molecule has 0 aromatic rings. The van der Waals surface area contributed by atoms with Crippen LogP contribution in [0.25, 0.3) is 0 Å². The van der Waals surface area contributed by atoms with Gasteiger partial charge in [-0.25, -0.2) is 13.1 Å². The fourth-order valence-corrected chi connectivity index (χ4v) is 3.55. The fraction of sp³-hybridized carbons (Fsp3) is 1.00. The minimum Gasteiger partial charge on any atom is -0.212 e. The van der Waals surface area contributed by atoms with Crippen LogP contribution in [0.5, 0.6) is 0 Å². The summed E-state index contributed by atoms with van der Waals surface area (Å²) in [6.07, 6.45) is -2.86. The molecule has 7 heteroatoms. The van der Waals surface area contributed by atoms with E-state index in [-0.39, 0.29) is 18.6 Å². The molecule has 1 rings (SSSR count). The first-order valence-corrected chi connectivity index (χ1v) is 7.46. The van der Waals surface area contributed by atoms with Crippen molar-refractivity contribution in [3.63, 3.8) is 0 Å². The van der Waals surface area contributed by atoms with Gasteiger partial charge in [-0.2, -0.15) is 13.2 Å². The van der Waals surface area contributed by atoms with Crippen LogP contribution in [0.1, 0.15) is 39.0 Å². The Morgan fingerprint density at radius 1 is 1.29 bits per heavy atom. The average molecular weight is 273 g/mol. The molecule has 0 amide bonds. The summed E-state index contributed by atoms with van der Waals surface area (Å²) in [4.78, 5) is 0. The Morgan fingerprint density at radius 3 is 2.47 bits per heavy atom. The molecule has 0 heterocycles. The van der Waals surface area contributed by atoms with E-state index in [4.69, 9.17) is 0 Å². The van der Waals surface area contributed by atoms with Gasteiger partial charge in [-0.15, -0.1) is 0 Å². The number of sulfonamides is 1. The maximum absolute atomic E-state index is 12.5. The minimum absolute atomic E-state index is 0.0276. The van der Waals surface area contributed by atoms with Crippen LogP contribution in [0.4, 0.5) is 13.2 Å². The second-order valence-electron chi connectivity index (χ2n) is 4.54. The number of nitrogens with one attached hydrogen (secondary N) is 1. The van der Waals surface area contributed by atoms with Gasteiger partial charge in [0, 0.05) is 6.04 Å². The lowest BCUT2D eigenvalue weighted by molar-refractivity contribution is -0.183. The third kappa shape index (κ3) is 4.83. The number of hydrogen-bond acceptors (Lipinski definition) is 2. The van der Waals surface area contributed by atoms with E-state index >= 15 is 0 Å². The Labute approximate surface area is 99.8 Å². The highest BCUT2D eigenvalue weighted by atomic mass is 32.2. The van der Waals surface area contributed by atoms with Crippen LogP contribution >= 0.6 is 0 Å². The molecule has 1 aliphatic rings. The zero-order chi connectivity index (χ0) is 13.1. The van der Waals surface area contributed by atoms with Gasteiger partial charge < -0.3 is 0 Å². The van der Waals surface area contributed by atoms with Gasteiger partial charge in [0.25, 0.3) is 0 Å². The molecule has 102 valence electrons. The lowest BCUT2D eigenvalue weighted by atomic mass is 9.86. The first-order valence-electron chi connectivity index (χ1n) is 5.81. The molecule has 3 nitrogen and oxygen atoms in total. The van der Waals surface area contributed by atoms with Crippen molar-refractivity contribution in [1.82, 2.24) is 4.72 Å². The van der Waals surface area contributed by atoms with Crippen molar-refractivity contribution in [3.05, 3.63) is 0 Å². The minimum atomic E-state index is -4.21. The maximum atomic E-state index is 12.5. The van der Waals surface area contributed by atoms with E-state index in [2.05, 4.69) is 4.72 Å². The molecule has 0 radical (unpaired) electrons. The van der Waals surface area contributed by atoms with E-state index in [1.807, 2.05) is 0 Å². The predicted molar refractivity (Wildman–Crippen MR) is 59.0 cm³/mol. The van der Waals surface area contributed by atoms with Gasteiger partial charge in [0.1, 0.15) is 0 Å². The Balaban J connectivity index is 2.56. The van der Waals surface area contributed by atoms with Crippen molar-refractivity contribution in [2.75, 3.05) is 5.75 Å². The molecule has 0 unspecified atom stereocenters. The zero-order valence-electron chi connectivity index (χ0n) is 9.76. The maximum Gasteiger partial charge on any atom is 0.391 e. The first kappa shape index (κ1) is 14.8. The predicted octanol–water partition coefficient (Wildman–Crippen LogP) is 2.44. The summed E-state index contributed by atoms with van der Waals surface area (Å²) in [6, 6.07) is -0.563. The van der Waals surface area contributed by atoms with Crippen molar-refractivity contribution in [2.24, 2.45) is 5.92 Å². The monoisotopic (exact) mass is 273 g/mol.